The molecular formula is C18H15F2N5OS. The third-order valence-electron chi connectivity index (χ3n) is 4.58. The Hall–Kier alpha value is -2.83. The third-order valence-corrected chi connectivity index (χ3v) is 5.33. The van der Waals surface area contributed by atoms with E-state index in [9.17, 15) is 13.6 Å². The molecule has 3 heterocycles. The summed E-state index contributed by atoms with van der Waals surface area (Å²) in [5.74, 6) is -1.45. The van der Waals surface area contributed by atoms with Gasteiger partial charge in [-0.1, -0.05) is 0 Å². The third kappa shape index (κ3) is 3.41. The number of piperazine rings is 1. The van der Waals surface area contributed by atoms with E-state index in [1.54, 1.807) is 17.2 Å². The molecule has 0 spiro atoms. The second-order valence-electron chi connectivity index (χ2n) is 6.30. The molecule has 0 saturated carbocycles. The fraction of sp³-hybridized carbons (Fsp3) is 0.278. The molecular weight excluding hydrogens is 372 g/mol. The van der Waals surface area contributed by atoms with Gasteiger partial charge in [0.2, 0.25) is 0 Å². The lowest BCUT2D eigenvalue weighted by Gasteiger charge is -2.36. The van der Waals surface area contributed by atoms with Crippen LogP contribution in [0.25, 0.3) is 4.96 Å². The first-order valence-corrected chi connectivity index (χ1v) is 9.25. The first-order chi connectivity index (χ1) is 13.0. The van der Waals surface area contributed by atoms with Crippen LogP contribution in [0.2, 0.25) is 0 Å². The van der Waals surface area contributed by atoms with Gasteiger partial charge in [0.25, 0.3) is 5.56 Å². The van der Waals surface area contributed by atoms with Crippen LogP contribution in [0.15, 0.2) is 34.6 Å². The van der Waals surface area contributed by atoms with E-state index in [0.717, 1.165) is 12.1 Å². The van der Waals surface area contributed by atoms with Crippen molar-refractivity contribution >= 4 is 22.0 Å². The minimum atomic E-state index is -0.724. The Balaban J connectivity index is 1.46. The quantitative estimate of drug-likeness (QED) is 0.690. The van der Waals surface area contributed by atoms with E-state index in [4.69, 9.17) is 5.26 Å². The second-order valence-corrected chi connectivity index (χ2v) is 7.18. The minimum absolute atomic E-state index is 0.0336. The molecule has 0 N–H and O–H groups in total. The van der Waals surface area contributed by atoms with Gasteiger partial charge in [-0.2, -0.15) is 5.26 Å². The van der Waals surface area contributed by atoms with Crippen molar-refractivity contribution in [2.45, 2.75) is 6.54 Å². The van der Waals surface area contributed by atoms with Gasteiger partial charge in [0.05, 0.1) is 17.3 Å². The van der Waals surface area contributed by atoms with E-state index in [2.05, 4.69) is 9.88 Å². The van der Waals surface area contributed by atoms with Crippen LogP contribution in [0.1, 0.15) is 11.3 Å². The zero-order valence-corrected chi connectivity index (χ0v) is 15.0. The molecule has 0 unspecified atom stereocenters. The average Bonchev–Trinajstić information content (AvgIpc) is 3.11. The molecule has 0 aliphatic carbocycles. The lowest BCUT2D eigenvalue weighted by Crippen LogP contribution is -2.46. The zero-order valence-electron chi connectivity index (χ0n) is 14.2. The fourth-order valence-corrected chi connectivity index (χ4v) is 4.00. The van der Waals surface area contributed by atoms with Gasteiger partial charge >= 0.3 is 0 Å². The summed E-state index contributed by atoms with van der Waals surface area (Å²) in [6.07, 6.45) is 1.69. The maximum Gasteiger partial charge on any atom is 0.258 e. The van der Waals surface area contributed by atoms with Crippen molar-refractivity contribution in [2.24, 2.45) is 0 Å². The number of thiazole rings is 1. The molecule has 138 valence electrons. The van der Waals surface area contributed by atoms with Crippen LogP contribution in [0.3, 0.4) is 0 Å². The van der Waals surface area contributed by atoms with Crippen LogP contribution in [0, 0.1) is 23.0 Å². The lowest BCUT2D eigenvalue weighted by molar-refractivity contribution is 0.246. The van der Waals surface area contributed by atoms with Gasteiger partial charge in [-0.3, -0.25) is 14.1 Å². The Bertz CT molecular complexity index is 1070. The lowest BCUT2D eigenvalue weighted by atomic mass is 10.1. The number of nitrogens with zero attached hydrogens (tertiary/aromatic N) is 5. The van der Waals surface area contributed by atoms with E-state index in [1.165, 1.54) is 21.8 Å². The van der Waals surface area contributed by atoms with Crippen LogP contribution >= 0.6 is 11.3 Å². The number of rotatable bonds is 3. The van der Waals surface area contributed by atoms with E-state index in [0.29, 0.717) is 43.4 Å². The molecule has 4 rings (SSSR count). The van der Waals surface area contributed by atoms with Gasteiger partial charge in [-0.15, -0.1) is 11.3 Å². The number of aromatic nitrogens is 2. The van der Waals surface area contributed by atoms with Crippen LogP contribution in [0.4, 0.5) is 14.5 Å². The number of hydrogen-bond acceptors (Lipinski definition) is 6. The molecule has 1 saturated heterocycles. The van der Waals surface area contributed by atoms with Crippen molar-refractivity contribution in [3.8, 4) is 6.07 Å². The Morgan fingerprint density at radius 1 is 1.15 bits per heavy atom. The minimum Gasteiger partial charge on any atom is -0.364 e. The van der Waals surface area contributed by atoms with Crippen LogP contribution in [-0.4, -0.2) is 40.5 Å². The van der Waals surface area contributed by atoms with Gasteiger partial charge in [-0.05, 0) is 12.1 Å². The molecule has 0 atom stereocenters. The summed E-state index contributed by atoms with van der Waals surface area (Å²) in [5, 5.41) is 10.6. The molecule has 2 aromatic heterocycles. The predicted molar refractivity (Wildman–Crippen MR) is 97.9 cm³/mol. The smallest absolute Gasteiger partial charge is 0.258 e. The Kier molecular flexibility index (Phi) is 4.59. The Labute approximate surface area is 157 Å². The van der Waals surface area contributed by atoms with Gasteiger partial charge in [0.15, 0.2) is 16.6 Å². The Morgan fingerprint density at radius 3 is 2.52 bits per heavy atom. The van der Waals surface area contributed by atoms with Crippen LogP contribution < -0.4 is 10.5 Å². The van der Waals surface area contributed by atoms with Gasteiger partial charge < -0.3 is 4.90 Å². The molecule has 1 fully saturated rings. The molecule has 0 radical (unpaired) electrons. The highest BCUT2D eigenvalue weighted by molar-refractivity contribution is 7.15. The monoisotopic (exact) mass is 387 g/mol. The number of nitriles is 1. The molecule has 6 nitrogen and oxygen atoms in total. The summed E-state index contributed by atoms with van der Waals surface area (Å²) >= 11 is 1.40. The van der Waals surface area contributed by atoms with Gasteiger partial charge in [0, 0.05) is 50.4 Å². The van der Waals surface area contributed by atoms with E-state index >= 15 is 0 Å². The summed E-state index contributed by atoms with van der Waals surface area (Å²) in [4.78, 5) is 20.9. The predicted octanol–water partition coefficient (Wildman–Crippen LogP) is 2.23. The van der Waals surface area contributed by atoms with Crippen molar-refractivity contribution in [2.75, 3.05) is 31.1 Å². The molecule has 1 aliphatic heterocycles. The second kappa shape index (κ2) is 7.06. The molecule has 0 amide bonds. The fourth-order valence-electron chi connectivity index (χ4n) is 3.26. The van der Waals surface area contributed by atoms with Gasteiger partial charge in [-0.25, -0.2) is 13.8 Å². The van der Waals surface area contributed by atoms with Gasteiger partial charge in [0.1, 0.15) is 5.69 Å². The molecule has 3 aromatic rings. The standard InChI is InChI=1S/C18H15F2N5OS/c19-14-7-12(10-21)8-15(20)17(14)24-3-1-23(2-4-24)11-13-9-16(26)25-5-6-27-18(25)22-13/h5-9H,1-4,11H2. The summed E-state index contributed by atoms with van der Waals surface area (Å²) < 4.78 is 29.9. The highest BCUT2D eigenvalue weighted by atomic mass is 32.1. The van der Waals surface area contributed by atoms with Crippen molar-refractivity contribution in [1.82, 2.24) is 14.3 Å². The van der Waals surface area contributed by atoms with E-state index < -0.39 is 11.6 Å². The molecule has 1 aliphatic rings. The molecule has 9 heteroatoms. The summed E-state index contributed by atoms with van der Waals surface area (Å²) in [5.41, 5.74) is 0.446. The highest BCUT2D eigenvalue weighted by Crippen LogP contribution is 2.26. The van der Waals surface area contributed by atoms with E-state index in [-0.39, 0.29) is 16.8 Å². The van der Waals surface area contributed by atoms with Crippen LogP contribution in [-0.2, 0) is 6.54 Å². The number of benzene rings is 1. The maximum absolute atomic E-state index is 14.2. The SMILES string of the molecule is N#Cc1cc(F)c(N2CCN(Cc3cc(=O)n4ccsc4n3)CC2)c(F)c1. The highest BCUT2D eigenvalue weighted by Gasteiger charge is 2.23. The molecule has 0 bridgehead atoms. The number of fused-ring (bicyclic) bond motifs is 1. The first kappa shape index (κ1) is 17.6. The summed E-state index contributed by atoms with van der Waals surface area (Å²) in [6.45, 7) is 2.57. The summed E-state index contributed by atoms with van der Waals surface area (Å²) in [7, 11) is 0. The molecule has 27 heavy (non-hydrogen) atoms. The zero-order chi connectivity index (χ0) is 19.0. The molecule has 1 aromatic carbocycles. The van der Waals surface area contributed by atoms with E-state index in [1.807, 2.05) is 5.38 Å². The topological polar surface area (TPSA) is 64.6 Å². The number of anilines is 1. The maximum atomic E-state index is 14.2. The number of halogens is 2. The van der Waals surface area contributed by atoms with Crippen molar-refractivity contribution in [3.63, 3.8) is 0 Å². The van der Waals surface area contributed by atoms with Crippen LogP contribution in [0.5, 0.6) is 0 Å². The first-order valence-electron chi connectivity index (χ1n) is 8.37. The normalized spacial score (nSPS) is 15.2. The summed E-state index contributed by atoms with van der Waals surface area (Å²) in [6, 6.07) is 5.38. The average molecular weight is 387 g/mol. The largest absolute Gasteiger partial charge is 0.364 e. The number of hydrogen-bond donors (Lipinski definition) is 0. The van der Waals surface area contributed by atoms with Crippen molar-refractivity contribution in [1.29, 1.82) is 5.26 Å². The van der Waals surface area contributed by atoms with Crippen molar-refractivity contribution < 1.29 is 8.78 Å². The Morgan fingerprint density at radius 2 is 1.85 bits per heavy atom. The van der Waals surface area contributed by atoms with Crippen molar-refractivity contribution in [3.05, 3.63) is 63.0 Å².